The van der Waals surface area contributed by atoms with E-state index in [1.165, 1.54) is 16.3 Å². The van der Waals surface area contributed by atoms with Crippen LogP contribution in [0.2, 0.25) is 0 Å². The Balaban J connectivity index is 1.04. The number of benzene rings is 1. The lowest BCUT2D eigenvalue weighted by Crippen LogP contribution is -2.41. The fourth-order valence-corrected chi connectivity index (χ4v) is 7.64. The number of aromatic nitrogens is 4. The van der Waals surface area contributed by atoms with E-state index in [1.807, 2.05) is 24.3 Å². The summed E-state index contributed by atoms with van der Waals surface area (Å²) < 4.78 is 56.3. The maximum absolute atomic E-state index is 12.7. The maximum Gasteiger partial charge on any atom is 0.280 e. The Morgan fingerprint density at radius 1 is 0.980 bits per heavy atom. The van der Waals surface area contributed by atoms with E-state index in [1.54, 1.807) is 11.8 Å². The summed E-state index contributed by atoms with van der Waals surface area (Å²) in [4.78, 5) is 37.4. The van der Waals surface area contributed by atoms with Gasteiger partial charge in [-0.05, 0) is 24.3 Å². The number of nitrogens with two attached hydrogens (primary N) is 1. The smallest absolute Gasteiger partial charge is 0.280 e. The number of aliphatic hydroxyl groups excluding tert-OH is 1. The van der Waals surface area contributed by atoms with E-state index in [0.29, 0.717) is 66.1 Å². The third-order valence-electron chi connectivity index (χ3n) is 6.99. The zero-order valence-electron chi connectivity index (χ0n) is 26.3. The minimum Gasteiger partial charge on any atom is -0.756 e. The minimum absolute atomic E-state index is 0.0241. The number of fused-ring (bicyclic) bond motifs is 2. The van der Waals surface area contributed by atoms with Crippen LogP contribution in [0.3, 0.4) is 0 Å². The number of thioether (sulfide) groups is 1. The number of aliphatic hydroxyl groups is 1. The largest absolute Gasteiger partial charge is 0.756 e. The van der Waals surface area contributed by atoms with E-state index < -0.39 is 37.9 Å². The average molecular weight is 812 g/mol. The highest BCUT2D eigenvalue weighted by molar-refractivity contribution is 9.09. The molecule has 2 aromatic heterocycles. The molecule has 0 radical (unpaired) electrons. The average Bonchev–Trinajstić information content (AvgIpc) is 3.58. The number of H-pyrrole nitrogens is 1. The summed E-state index contributed by atoms with van der Waals surface area (Å²) in [7, 11) is -4.60. The van der Waals surface area contributed by atoms with Crippen molar-refractivity contribution >= 4 is 64.4 Å². The van der Waals surface area contributed by atoms with Crippen molar-refractivity contribution in [3.8, 4) is 0 Å². The van der Waals surface area contributed by atoms with Gasteiger partial charge in [-0.15, -0.1) is 11.8 Å². The van der Waals surface area contributed by atoms with Gasteiger partial charge in [-0.3, -0.25) is 18.9 Å². The zero-order valence-corrected chi connectivity index (χ0v) is 30.4. The minimum atomic E-state index is -4.60. The van der Waals surface area contributed by atoms with Gasteiger partial charge >= 0.3 is 0 Å². The highest BCUT2D eigenvalue weighted by atomic mass is 79.9. The SMILES string of the molecule is Nc1nc2c(nc(Sc3ccc(SCCOCCOCCOCCOCCOCCBr)cc3)n2[C@@H]2OC3COP(=O)([O-])O[C@H]3C2O)c(=O)[nH]1. The van der Waals surface area contributed by atoms with Gasteiger partial charge in [0.1, 0.15) is 18.3 Å². The van der Waals surface area contributed by atoms with Crippen molar-refractivity contribution in [2.24, 2.45) is 0 Å². The zero-order chi connectivity index (χ0) is 34.6. The van der Waals surface area contributed by atoms with Crippen LogP contribution < -0.4 is 16.2 Å². The lowest BCUT2D eigenvalue weighted by Gasteiger charge is -2.34. The Bertz CT molecular complexity index is 1590. The second-order valence-electron chi connectivity index (χ2n) is 10.4. The molecule has 0 saturated carbocycles. The molecule has 3 aromatic rings. The van der Waals surface area contributed by atoms with E-state index in [4.69, 9.17) is 43.2 Å². The quantitative estimate of drug-likeness (QED) is 0.0601. The Morgan fingerprint density at radius 3 is 2.20 bits per heavy atom. The van der Waals surface area contributed by atoms with Crippen LogP contribution in [0.1, 0.15) is 6.23 Å². The summed E-state index contributed by atoms with van der Waals surface area (Å²) in [5.41, 5.74) is 5.27. The molecule has 3 unspecified atom stereocenters. The van der Waals surface area contributed by atoms with Gasteiger partial charge < -0.3 is 53.2 Å². The van der Waals surface area contributed by atoms with Crippen LogP contribution in [0.4, 0.5) is 5.95 Å². The van der Waals surface area contributed by atoms with Crippen molar-refractivity contribution in [2.75, 3.05) is 89.5 Å². The molecular formula is C28H38BrN5O12PS2-. The lowest BCUT2D eigenvalue weighted by molar-refractivity contribution is -0.245. The summed E-state index contributed by atoms with van der Waals surface area (Å²) in [6.07, 6.45) is -4.71. The van der Waals surface area contributed by atoms with E-state index in [2.05, 4.69) is 30.9 Å². The summed E-state index contributed by atoms with van der Waals surface area (Å²) in [6.45, 7) is 4.97. The number of halogens is 1. The van der Waals surface area contributed by atoms with Crippen LogP contribution in [-0.4, -0.2) is 127 Å². The first-order valence-electron chi connectivity index (χ1n) is 15.4. The van der Waals surface area contributed by atoms with Crippen LogP contribution in [0.5, 0.6) is 0 Å². The molecule has 2 aliphatic rings. The number of rotatable bonds is 21. The fourth-order valence-electron chi connectivity index (χ4n) is 4.79. The molecule has 2 fully saturated rings. The Hall–Kier alpha value is -1.62. The maximum atomic E-state index is 12.7. The third-order valence-corrected chi connectivity index (χ3v) is 10.2. The number of ether oxygens (including phenoxy) is 6. The number of anilines is 1. The molecule has 5 atom stereocenters. The summed E-state index contributed by atoms with van der Waals surface area (Å²) in [5.74, 6) is 0.580. The second-order valence-corrected chi connectivity index (χ2v) is 14.8. The number of phosphoric ester groups is 1. The molecule has 49 heavy (non-hydrogen) atoms. The molecule has 0 amide bonds. The summed E-state index contributed by atoms with van der Waals surface area (Å²) >= 11 is 6.13. The van der Waals surface area contributed by atoms with Crippen LogP contribution >= 0.6 is 47.3 Å². The monoisotopic (exact) mass is 810 g/mol. The van der Waals surface area contributed by atoms with Gasteiger partial charge in [-0.1, -0.05) is 27.7 Å². The molecule has 2 saturated heterocycles. The van der Waals surface area contributed by atoms with Crippen molar-refractivity contribution in [1.82, 2.24) is 19.5 Å². The molecule has 1 aromatic carbocycles. The molecule has 272 valence electrons. The molecule has 2 aliphatic heterocycles. The second kappa shape index (κ2) is 19.3. The highest BCUT2D eigenvalue weighted by Gasteiger charge is 2.51. The first-order valence-corrected chi connectivity index (χ1v) is 19.7. The number of imidazole rings is 1. The van der Waals surface area contributed by atoms with Crippen LogP contribution in [0.15, 0.2) is 44.0 Å². The fraction of sp³-hybridized carbons (Fsp3) is 0.607. The molecule has 5 rings (SSSR count). The van der Waals surface area contributed by atoms with Gasteiger partial charge in [-0.2, -0.15) is 4.98 Å². The lowest BCUT2D eigenvalue weighted by atomic mass is 10.1. The number of hydrogen-bond acceptors (Lipinski definition) is 17. The van der Waals surface area contributed by atoms with Crippen LogP contribution in [0, 0.1) is 0 Å². The molecule has 0 bridgehead atoms. The van der Waals surface area contributed by atoms with E-state index in [-0.39, 0.29) is 28.9 Å². The Kier molecular flexibility index (Phi) is 15.2. The standard InChI is InChI=1S/C28H39BrN5O12PS2/c29-5-6-39-7-8-40-9-10-41-11-12-42-13-14-43-15-16-48-18-1-3-19(4-2-18)49-28-31-21-24(32-27(30)33-25(21)36)34(28)26-22(35)23-20(45-26)17-44-47(37,38)46-23/h1-4,20,22-23,26,35H,5-17H2,(H,37,38)(H3,30,32,33,36)/p-1/t20?,22?,23-,26-/m1/s1. The van der Waals surface area contributed by atoms with Crippen molar-refractivity contribution in [1.29, 1.82) is 0 Å². The van der Waals surface area contributed by atoms with Crippen molar-refractivity contribution in [3.05, 3.63) is 34.6 Å². The predicted octanol–water partition coefficient (Wildman–Crippen LogP) is 1.57. The molecule has 17 nitrogen and oxygen atoms in total. The molecule has 0 spiro atoms. The predicted molar refractivity (Wildman–Crippen MR) is 180 cm³/mol. The van der Waals surface area contributed by atoms with Gasteiger partial charge in [0.15, 0.2) is 22.5 Å². The normalized spacial score (nSPS) is 23.7. The van der Waals surface area contributed by atoms with Gasteiger partial charge in [0.05, 0.1) is 72.7 Å². The van der Waals surface area contributed by atoms with Gasteiger partial charge in [0.25, 0.3) is 13.4 Å². The van der Waals surface area contributed by atoms with Crippen molar-refractivity contribution < 1.29 is 52.0 Å². The Labute approximate surface area is 298 Å². The molecule has 0 aliphatic carbocycles. The first-order chi connectivity index (χ1) is 23.8. The third kappa shape index (κ3) is 11.2. The summed E-state index contributed by atoms with van der Waals surface area (Å²) in [6, 6.07) is 7.68. The van der Waals surface area contributed by atoms with E-state index >= 15 is 0 Å². The highest BCUT2D eigenvalue weighted by Crippen LogP contribution is 2.50. The topological polar surface area (TPSA) is 224 Å². The first kappa shape index (κ1) is 38.6. The van der Waals surface area contributed by atoms with E-state index in [9.17, 15) is 19.4 Å². The molecule has 21 heteroatoms. The number of hydrogen-bond donors (Lipinski definition) is 3. The van der Waals surface area contributed by atoms with Crippen LogP contribution in [-0.2, 0) is 42.0 Å². The van der Waals surface area contributed by atoms with Crippen LogP contribution in [0.25, 0.3) is 11.2 Å². The van der Waals surface area contributed by atoms with Crippen molar-refractivity contribution in [2.45, 2.75) is 39.5 Å². The molecule has 4 heterocycles. The van der Waals surface area contributed by atoms with Crippen molar-refractivity contribution in [3.63, 3.8) is 0 Å². The number of aromatic amines is 1. The number of nitrogens with zero attached hydrogens (tertiary/aromatic N) is 3. The molecule has 4 N–H and O–H groups in total. The number of nitrogen functional groups attached to an aromatic ring is 1. The van der Waals surface area contributed by atoms with E-state index in [0.717, 1.165) is 20.9 Å². The van der Waals surface area contributed by atoms with Gasteiger partial charge in [0, 0.05) is 20.9 Å². The Morgan fingerprint density at radius 2 is 1.57 bits per heavy atom. The number of alkyl halides is 1. The van der Waals surface area contributed by atoms with Gasteiger partial charge in [-0.25, -0.2) is 4.98 Å². The summed E-state index contributed by atoms with van der Waals surface area (Å²) in [5, 5.41) is 12.1. The van der Waals surface area contributed by atoms with Gasteiger partial charge in [0.2, 0.25) is 5.95 Å². The number of phosphoric acid groups is 1. The molecular weight excluding hydrogens is 773 g/mol. The number of nitrogens with one attached hydrogen (secondary N) is 1.